The lowest BCUT2D eigenvalue weighted by molar-refractivity contribution is 0.0525. The summed E-state index contributed by atoms with van der Waals surface area (Å²) in [5.41, 5.74) is 1.73. The van der Waals surface area contributed by atoms with Gasteiger partial charge in [0.1, 0.15) is 0 Å². The highest BCUT2D eigenvalue weighted by atomic mass is 127. The normalized spacial score (nSPS) is 9.92. The molecule has 66 valence electrons. The molecule has 1 aromatic rings. The summed E-state index contributed by atoms with van der Waals surface area (Å²) in [5.74, 6) is -0.208. The van der Waals surface area contributed by atoms with Gasteiger partial charge in [-0.25, -0.2) is 4.79 Å². The molecule has 0 saturated carbocycles. The van der Waals surface area contributed by atoms with Crippen molar-refractivity contribution in [2.75, 3.05) is 6.61 Å². The number of ether oxygens (including phenoxy) is 1. The summed E-state index contributed by atoms with van der Waals surface area (Å²) >= 11 is 3.72. The van der Waals surface area contributed by atoms with Gasteiger partial charge in [-0.05, 0) is 47.4 Å². The van der Waals surface area contributed by atoms with Gasteiger partial charge in [0.2, 0.25) is 0 Å². The molecule has 1 rings (SSSR count). The Bertz CT molecular complexity index is 274. The predicted molar refractivity (Wildman–Crippen MR) is 57.7 cm³/mol. The minimum absolute atomic E-state index is 0.208. The molecule has 0 aliphatic carbocycles. The van der Waals surface area contributed by atoms with Crippen molar-refractivity contribution >= 4 is 39.9 Å². The van der Waals surface area contributed by atoms with Crippen LogP contribution in [0, 0.1) is 9.81 Å². The molecule has 0 bridgehead atoms. The van der Waals surface area contributed by atoms with E-state index in [2.05, 4.69) is 22.6 Å². The van der Waals surface area contributed by atoms with Gasteiger partial charge in [0.15, 0.2) is 0 Å². The highest BCUT2D eigenvalue weighted by Gasteiger charge is 2.15. The molecular formula is C8H9IO2S. The smallest absolute Gasteiger partial charge is 0.340 e. The van der Waals surface area contributed by atoms with Crippen molar-refractivity contribution < 1.29 is 9.53 Å². The van der Waals surface area contributed by atoms with Crippen LogP contribution in [0.5, 0.6) is 0 Å². The van der Waals surface area contributed by atoms with Crippen LogP contribution >= 0.6 is 33.9 Å². The lowest BCUT2D eigenvalue weighted by Crippen LogP contribution is -2.06. The number of aryl methyl sites for hydroxylation is 1. The Morgan fingerprint density at radius 3 is 2.83 bits per heavy atom. The molecule has 2 nitrogen and oxygen atoms in total. The first-order chi connectivity index (χ1) is 5.66. The third kappa shape index (κ3) is 1.98. The summed E-state index contributed by atoms with van der Waals surface area (Å²) in [6.07, 6.45) is 0. The predicted octanol–water partition coefficient (Wildman–Crippen LogP) is 2.84. The molecule has 1 aromatic heterocycles. The van der Waals surface area contributed by atoms with Gasteiger partial charge in [0.25, 0.3) is 0 Å². The summed E-state index contributed by atoms with van der Waals surface area (Å²) in [6.45, 7) is 4.17. The van der Waals surface area contributed by atoms with Gasteiger partial charge < -0.3 is 4.74 Å². The SMILES string of the molecule is CCOC(=O)c1c(C)csc1I. The van der Waals surface area contributed by atoms with Crippen LogP contribution in [0.2, 0.25) is 0 Å². The molecule has 0 atom stereocenters. The molecule has 12 heavy (non-hydrogen) atoms. The zero-order valence-corrected chi connectivity index (χ0v) is 9.86. The molecule has 0 saturated heterocycles. The average Bonchev–Trinajstić information content (AvgIpc) is 2.32. The highest BCUT2D eigenvalue weighted by Crippen LogP contribution is 2.24. The van der Waals surface area contributed by atoms with Crippen molar-refractivity contribution in [3.8, 4) is 0 Å². The standard InChI is InChI=1S/C8H9IO2S/c1-3-11-8(10)6-5(2)4-12-7(6)9/h4H,3H2,1-2H3. The van der Waals surface area contributed by atoms with Crippen molar-refractivity contribution in [3.05, 3.63) is 19.4 Å². The van der Waals surface area contributed by atoms with E-state index in [1.165, 1.54) is 0 Å². The van der Waals surface area contributed by atoms with E-state index in [0.717, 1.165) is 14.0 Å². The van der Waals surface area contributed by atoms with E-state index in [-0.39, 0.29) is 5.97 Å². The fourth-order valence-corrected chi connectivity index (χ4v) is 2.64. The van der Waals surface area contributed by atoms with E-state index in [1.807, 2.05) is 19.2 Å². The van der Waals surface area contributed by atoms with Crippen LogP contribution in [0.1, 0.15) is 22.8 Å². The highest BCUT2D eigenvalue weighted by molar-refractivity contribution is 14.1. The number of esters is 1. The molecule has 0 aromatic carbocycles. The first-order valence-electron chi connectivity index (χ1n) is 3.57. The van der Waals surface area contributed by atoms with E-state index in [1.54, 1.807) is 11.3 Å². The Kier molecular flexibility index (Phi) is 3.52. The number of rotatable bonds is 2. The topological polar surface area (TPSA) is 26.3 Å². The average molecular weight is 296 g/mol. The van der Waals surface area contributed by atoms with Gasteiger partial charge in [0.05, 0.1) is 15.1 Å². The zero-order valence-electron chi connectivity index (χ0n) is 6.89. The van der Waals surface area contributed by atoms with Crippen LogP contribution < -0.4 is 0 Å². The van der Waals surface area contributed by atoms with Crippen LogP contribution in [0.15, 0.2) is 5.38 Å². The largest absolute Gasteiger partial charge is 0.462 e. The number of thiophene rings is 1. The minimum atomic E-state index is -0.208. The Morgan fingerprint density at radius 1 is 1.75 bits per heavy atom. The molecular weight excluding hydrogens is 287 g/mol. The van der Waals surface area contributed by atoms with E-state index in [0.29, 0.717) is 6.61 Å². The van der Waals surface area contributed by atoms with Crippen LogP contribution in [0.3, 0.4) is 0 Å². The van der Waals surface area contributed by atoms with Crippen LogP contribution in [0.4, 0.5) is 0 Å². The molecule has 0 amide bonds. The Hall–Kier alpha value is -0.100. The molecule has 0 unspecified atom stereocenters. The van der Waals surface area contributed by atoms with Gasteiger partial charge in [-0.3, -0.25) is 0 Å². The fourth-order valence-electron chi connectivity index (χ4n) is 0.857. The minimum Gasteiger partial charge on any atom is -0.462 e. The van der Waals surface area contributed by atoms with Gasteiger partial charge in [-0.2, -0.15) is 0 Å². The summed E-state index contributed by atoms with van der Waals surface area (Å²) in [5, 5.41) is 1.97. The lowest BCUT2D eigenvalue weighted by Gasteiger charge is -2.00. The zero-order chi connectivity index (χ0) is 9.14. The summed E-state index contributed by atoms with van der Waals surface area (Å²) < 4.78 is 5.91. The van der Waals surface area contributed by atoms with Crippen molar-refractivity contribution in [3.63, 3.8) is 0 Å². The number of hydrogen-bond acceptors (Lipinski definition) is 3. The van der Waals surface area contributed by atoms with Crippen molar-refractivity contribution in [2.24, 2.45) is 0 Å². The van der Waals surface area contributed by atoms with Gasteiger partial charge in [-0.1, -0.05) is 0 Å². The molecule has 0 spiro atoms. The van der Waals surface area contributed by atoms with Crippen LogP contribution in [0.25, 0.3) is 0 Å². The van der Waals surface area contributed by atoms with E-state index < -0.39 is 0 Å². The number of carbonyl (C=O) groups excluding carboxylic acids is 1. The third-order valence-corrected chi connectivity index (χ3v) is 3.59. The Balaban J connectivity index is 2.93. The maximum Gasteiger partial charge on any atom is 0.340 e. The quantitative estimate of drug-likeness (QED) is 0.619. The summed E-state index contributed by atoms with van der Waals surface area (Å²) in [6, 6.07) is 0. The summed E-state index contributed by atoms with van der Waals surface area (Å²) in [4.78, 5) is 11.3. The molecule has 4 heteroatoms. The molecule has 0 N–H and O–H groups in total. The second-order valence-corrected chi connectivity index (χ2v) is 4.98. The molecule has 0 aliphatic rings. The second kappa shape index (κ2) is 4.23. The Morgan fingerprint density at radius 2 is 2.42 bits per heavy atom. The second-order valence-electron chi connectivity index (χ2n) is 2.29. The van der Waals surface area contributed by atoms with E-state index in [4.69, 9.17) is 4.74 Å². The molecule has 0 fully saturated rings. The monoisotopic (exact) mass is 296 g/mol. The number of carbonyl (C=O) groups is 1. The lowest BCUT2D eigenvalue weighted by atomic mass is 10.2. The number of halogens is 1. The van der Waals surface area contributed by atoms with E-state index >= 15 is 0 Å². The van der Waals surface area contributed by atoms with Gasteiger partial charge in [-0.15, -0.1) is 11.3 Å². The van der Waals surface area contributed by atoms with Crippen molar-refractivity contribution in [2.45, 2.75) is 13.8 Å². The first kappa shape index (κ1) is 9.98. The van der Waals surface area contributed by atoms with Crippen LogP contribution in [-0.2, 0) is 4.74 Å². The Labute approximate surface area is 89.1 Å². The molecule has 1 heterocycles. The van der Waals surface area contributed by atoms with Gasteiger partial charge in [0, 0.05) is 0 Å². The van der Waals surface area contributed by atoms with E-state index in [9.17, 15) is 4.79 Å². The summed E-state index contributed by atoms with van der Waals surface area (Å²) in [7, 11) is 0. The first-order valence-corrected chi connectivity index (χ1v) is 5.53. The maximum absolute atomic E-state index is 11.3. The molecule has 0 radical (unpaired) electrons. The maximum atomic E-state index is 11.3. The third-order valence-electron chi connectivity index (χ3n) is 1.41. The van der Waals surface area contributed by atoms with Crippen LogP contribution in [-0.4, -0.2) is 12.6 Å². The fraction of sp³-hybridized carbons (Fsp3) is 0.375. The van der Waals surface area contributed by atoms with Crippen molar-refractivity contribution in [1.29, 1.82) is 0 Å². The van der Waals surface area contributed by atoms with Gasteiger partial charge >= 0.3 is 5.97 Å². The molecule has 0 aliphatic heterocycles. The number of hydrogen-bond donors (Lipinski definition) is 0. The van der Waals surface area contributed by atoms with Crippen molar-refractivity contribution in [1.82, 2.24) is 0 Å².